The highest BCUT2D eigenvalue weighted by Crippen LogP contribution is 2.34. The number of ketones is 1. The van der Waals surface area contributed by atoms with Crippen LogP contribution < -0.4 is 0 Å². The van der Waals surface area contributed by atoms with E-state index in [1.165, 1.54) is 0 Å². The van der Waals surface area contributed by atoms with Gasteiger partial charge in [0.25, 0.3) is 0 Å². The Morgan fingerprint density at radius 1 is 1.07 bits per heavy atom. The largest absolute Gasteiger partial charge is 0.287 e. The predicted molar refractivity (Wildman–Crippen MR) is 51.1 cm³/mol. The van der Waals surface area contributed by atoms with Gasteiger partial charge in [0.1, 0.15) is 22.7 Å². The van der Waals surface area contributed by atoms with Crippen molar-refractivity contribution in [3.63, 3.8) is 0 Å². The molecule has 0 aromatic carbocycles. The molecule has 0 heterocycles. The Hall–Kier alpha value is -1.55. The summed E-state index contributed by atoms with van der Waals surface area (Å²) in [6.07, 6.45) is 0. The van der Waals surface area contributed by atoms with E-state index in [9.17, 15) is 4.79 Å². The summed E-state index contributed by atoms with van der Waals surface area (Å²) in [6.45, 7) is 3.47. The van der Waals surface area contributed by atoms with E-state index in [0.717, 1.165) is 0 Å². The van der Waals surface area contributed by atoms with Crippen LogP contribution in [0.5, 0.6) is 0 Å². The molecule has 0 fully saturated rings. The number of Topliss-reactive ketones (excluding diaryl/α,β-unsaturated/α-hetero) is 1. The van der Waals surface area contributed by atoms with E-state index in [-0.39, 0.29) is 26.8 Å². The standard InChI is InChI=1S/C9H2Cl2N2O/c1-4-5(2-12)6(3-13)9(14)8(11)7(4)10/h1H2. The topological polar surface area (TPSA) is 64.7 Å². The van der Waals surface area contributed by atoms with Gasteiger partial charge in [-0.2, -0.15) is 10.5 Å². The first-order valence-electron chi connectivity index (χ1n) is 3.38. The van der Waals surface area contributed by atoms with E-state index in [1.807, 2.05) is 0 Å². The van der Waals surface area contributed by atoms with Crippen molar-refractivity contribution in [1.82, 2.24) is 0 Å². The third kappa shape index (κ3) is 1.33. The first kappa shape index (κ1) is 10.5. The van der Waals surface area contributed by atoms with Gasteiger partial charge in [-0.25, -0.2) is 0 Å². The van der Waals surface area contributed by atoms with E-state index in [2.05, 4.69) is 6.58 Å². The first-order chi connectivity index (χ1) is 6.54. The van der Waals surface area contributed by atoms with Crippen LogP contribution in [0.3, 0.4) is 0 Å². The molecule has 0 N–H and O–H groups in total. The SMILES string of the molecule is C=C1C(Cl)=C(Cl)C(=O)C(C#N)=C1C#N. The van der Waals surface area contributed by atoms with Gasteiger partial charge in [0.15, 0.2) is 0 Å². The first-order valence-corrected chi connectivity index (χ1v) is 4.14. The van der Waals surface area contributed by atoms with Crippen molar-refractivity contribution >= 4 is 29.0 Å². The molecule has 0 atom stereocenters. The summed E-state index contributed by atoms with van der Waals surface area (Å²) in [6, 6.07) is 3.30. The van der Waals surface area contributed by atoms with E-state index < -0.39 is 5.78 Å². The summed E-state index contributed by atoms with van der Waals surface area (Å²) in [5, 5.41) is 17.0. The Kier molecular flexibility index (Phi) is 2.76. The van der Waals surface area contributed by atoms with Crippen LogP contribution in [0.15, 0.2) is 33.4 Å². The van der Waals surface area contributed by atoms with Gasteiger partial charge >= 0.3 is 0 Å². The summed E-state index contributed by atoms with van der Waals surface area (Å²) in [4.78, 5) is 11.3. The fraction of sp³-hybridized carbons (Fsp3) is 0. The van der Waals surface area contributed by atoms with E-state index in [1.54, 1.807) is 12.1 Å². The quantitative estimate of drug-likeness (QED) is 0.634. The summed E-state index contributed by atoms with van der Waals surface area (Å²) in [5.74, 6) is -0.733. The number of nitriles is 2. The highest BCUT2D eigenvalue weighted by molar-refractivity contribution is 6.52. The number of allylic oxidation sites excluding steroid dienone is 5. The van der Waals surface area contributed by atoms with E-state index in [0.29, 0.717) is 0 Å². The fourth-order valence-electron chi connectivity index (χ4n) is 0.946. The number of carbonyl (C=O) groups is 1. The number of halogens is 2. The van der Waals surface area contributed by atoms with Crippen LogP contribution in [0.2, 0.25) is 0 Å². The lowest BCUT2D eigenvalue weighted by atomic mass is 9.94. The summed E-state index contributed by atoms with van der Waals surface area (Å²) in [5.41, 5.74) is -0.325. The smallest absolute Gasteiger partial charge is 0.217 e. The van der Waals surface area contributed by atoms with Crippen molar-refractivity contribution < 1.29 is 4.79 Å². The molecule has 0 saturated carbocycles. The molecule has 0 bridgehead atoms. The van der Waals surface area contributed by atoms with Crippen LogP contribution in [-0.2, 0) is 4.79 Å². The molecule has 0 saturated heterocycles. The molecule has 68 valence electrons. The van der Waals surface area contributed by atoms with Gasteiger partial charge in [0.05, 0.1) is 10.6 Å². The van der Waals surface area contributed by atoms with Gasteiger partial charge in [-0.1, -0.05) is 29.8 Å². The number of hydrogen-bond donors (Lipinski definition) is 0. The fourth-order valence-corrected chi connectivity index (χ4v) is 1.33. The molecule has 0 spiro atoms. The van der Waals surface area contributed by atoms with Crippen LogP contribution in [0.4, 0.5) is 0 Å². The van der Waals surface area contributed by atoms with E-state index in [4.69, 9.17) is 33.7 Å². The molecular weight excluding hydrogens is 223 g/mol. The maximum absolute atomic E-state index is 11.3. The van der Waals surface area contributed by atoms with Crippen molar-refractivity contribution in [2.45, 2.75) is 0 Å². The van der Waals surface area contributed by atoms with E-state index >= 15 is 0 Å². The average Bonchev–Trinajstić information content (AvgIpc) is 2.20. The van der Waals surface area contributed by atoms with Crippen LogP contribution >= 0.6 is 23.2 Å². The van der Waals surface area contributed by atoms with Crippen molar-refractivity contribution in [1.29, 1.82) is 10.5 Å². The number of hydrogen-bond acceptors (Lipinski definition) is 3. The summed E-state index contributed by atoms with van der Waals surface area (Å²) in [7, 11) is 0. The lowest BCUT2D eigenvalue weighted by Crippen LogP contribution is -2.12. The van der Waals surface area contributed by atoms with Crippen molar-refractivity contribution in [2.75, 3.05) is 0 Å². The van der Waals surface area contributed by atoms with Gasteiger partial charge in [0.2, 0.25) is 5.78 Å². The monoisotopic (exact) mass is 224 g/mol. The molecule has 1 rings (SSSR count). The molecule has 0 radical (unpaired) electrons. The third-order valence-electron chi connectivity index (χ3n) is 1.66. The highest BCUT2D eigenvalue weighted by atomic mass is 35.5. The average molecular weight is 225 g/mol. The maximum atomic E-state index is 11.3. The zero-order valence-electron chi connectivity index (χ0n) is 6.77. The number of rotatable bonds is 0. The molecule has 0 unspecified atom stereocenters. The molecule has 1 aliphatic rings. The second-order valence-corrected chi connectivity index (χ2v) is 3.17. The number of carbonyl (C=O) groups excluding carboxylic acids is 1. The Morgan fingerprint density at radius 3 is 2.00 bits per heavy atom. The van der Waals surface area contributed by atoms with Crippen LogP contribution in [0.25, 0.3) is 0 Å². The van der Waals surface area contributed by atoms with Crippen LogP contribution in [0.1, 0.15) is 0 Å². The van der Waals surface area contributed by atoms with Crippen molar-refractivity contribution in [3.05, 3.63) is 33.4 Å². The van der Waals surface area contributed by atoms with Crippen LogP contribution in [0, 0.1) is 22.7 Å². The Morgan fingerprint density at radius 2 is 1.57 bits per heavy atom. The molecule has 5 heteroatoms. The van der Waals surface area contributed by atoms with Crippen molar-refractivity contribution in [3.8, 4) is 12.1 Å². The molecule has 0 aliphatic heterocycles. The van der Waals surface area contributed by atoms with Crippen molar-refractivity contribution in [2.24, 2.45) is 0 Å². The second-order valence-electron chi connectivity index (χ2n) is 2.41. The predicted octanol–water partition coefficient (Wildman–Crippen LogP) is 2.16. The van der Waals surface area contributed by atoms with Gasteiger partial charge in [0, 0.05) is 5.57 Å². The molecular formula is C9H2Cl2N2O. The number of nitrogens with zero attached hydrogens (tertiary/aromatic N) is 2. The minimum atomic E-state index is -0.733. The molecule has 14 heavy (non-hydrogen) atoms. The van der Waals surface area contributed by atoms with Gasteiger partial charge in [-0.3, -0.25) is 4.79 Å². The van der Waals surface area contributed by atoms with Gasteiger partial charge in [-0.15, -0.1) is 0 Å². The minimum absolute atomic E-state index is 0.0767. The molecule has 0 aromatic heterocycles. The molecule has 0 amide bonds. The Balaban J connectivity index is 3.51. The second kappa shape index (κ2) is 3.67. The van der Waals surface area contributed by atoms with Crippen LogP contribution in [-0.4, -0.2) is 5.78 Å². The highest BCUT2D eigenvalue weighted by Gasteiger charge is 2.29. The lowest BCUT2D eigenvalue weighted by molar-refractivity contribution is -0.111. The zero-order valence-corrected chi connectivity index (χ0v) is 8.28. The third-order valence-corrected chi connectivity index (χ3v) is 2.53. The minimum Gasteiger partial charge on any atom is -0.287 e. The zero-order chi connectivity index (χ0) is 10.9. The normalized spacial score (nSPS) is 16.9. The van der Waals surface area contributed by atoms with Gasteiger partial charge < -0.3 is 0 Å². The lowest BCUT2D eigenvalue weighted by Gasteiger charge is -2.12. The molecule has 3 nitrogen and oxygen atoms in total. The Bertz CT molecular complexity index is 442. The van der Waals surface area contributed by atoms with Gasteiger partial charge in [-0.05, 0) is 0 Å². The molecule has 1 aliphatic carbocycles. The Labute approximate surface area is 90.1 Å². The summed E-state index contributed by atoms with van der Waals surface area (Å²) >= 11 is 11.2. The summed E-state index contributed by atoms with van der Waals surface area (Å²) < 4.78 is 0. The maximum Gasteiger partial charge on any atom is 0.217 e. The molecule has 0 aromatic rings.